The van der Waals surface area contributed by atoms with Gasteiger partial charge in [-0.25, -0.2) is 4.68 Å². The predicted molar refractivity (Wildman–Crippen MR) is 114 cm³/mol. The molecular weight excluding hydrogens is 386 g/mol. The summed E-state index contributed by atoms with van der Waals surface area (Å²) in [6, 6.07) is 17.2. The van der Waals surface area contributed by atoms with Crippen molar-refractivity contribution in [1.29, 1.82) is 0 Å². The molecule has 1 aliphatic rings. The van der Waals surface area contributed by atoms with Gasteiger partial charge in [0.05, 0.1) is 24.1 Å². The Labute approximate surface area is 173 Å². The van der Waals surface area contributed by atoms with E-state index < -0.39 is 0 Å². The van der Waals surface area contributed by atoms with Crippen molar-refractivity contribution in [3.8, 4) is 11.4 Å². The van der Waals surface area contributed by atoms with Crippen LogP contribution in [0.5, 0.6) is 5.75 Å². The minimum Gasteiger partial charge on any atom is -0.497 e. The number of carbonyl (C=O) groups excluding carboxylic acids is 1. The average Bonchev–Trinajstić information content (AvgIpc) is 3.19. The smallest absolute Gasteiger partial charge is 0.277 e. The Kier molecular flexibility index (Phi) is 5.24. The van der Waals surface area contributed by atoms with Crippen molar-refractivity contribution in [2.45, 2.75) is 18.8 Å². The van der Waals surface area contributed by atoms with Crippen LogP contribution in [0.15, 0.2) is 59.4 Å². The number of amides is 1. The second-order valence-electron chi connectivity index (χ2n) is 7.01. The highest BCUT2D eigenvalue weighted by Gasteiger charge is 2.37. The summed E-state index contributed by atoms with van der Waals surface area (Å²) in [6.45, 7) is 2.37. The molecule has 2 heterocycles. The summed E-state index contributed by atoms with van der Waals surface area (Å²) in [7, 11) is 3.50. The quantitative estimate of drug-likeness (QED) is 0.649. The predicted octanol–water partition coefficient (Wildman–Crippen LogP) is 3.27. The van der Waals surface area contributed by atoms with Gasteiger partial charge < -0.3 is 9.64 Å². The Bertz CT molecular complexity index is 1100. The second-order valence-corrected chi connectivity index (χ2v) is 8.08. The number of methoxy groups -OCH3 is 1. The summed E-state index contributed by atoms with van der Waals surface area (Å²) in [5.74, 6) is 1.16. The molecule has 1 fully saturated rings. The van der Waals surface area contributed by atoms with Gasteiger partial charge in [-0.05, 0) is 36.8 Å². The summed E-state index contributed by atoms with van der Waals surface area (Å²) in [5, 5.41) is -0.308. The van der Waals surface area contributed by atoms with Gasteiger partial charge in [0.1, 0.15) is 11.1 Å². The molecule has 3 aromatic rings. The summed E-state index contributed by atoms with van der Waals surface area (Å²) in [6.07, 6.45) is 0. The topological polar surface area (TPSA) is 56.5 Å². The van der Waals surface area contributed by atoms with Gasteiger partial charge in [0, 0.05) is 19.3 Å². The average molecular weight is 410 g/mol. The SMILES string of the molecule is COc1cccc(CN2C(=O)CSC2c2c(C)n(C)n(-c3ccccc3)c2=O)c1. The van der Waals surface area contributed by atoms with Gasteiger partial charge >= 0.3 is 0 Å². The number of nitrogens with zero attached hydrogens (tertiary/aromatic N) is 3. The Morgan fingerprint density at radius 3 is 2.59 bits per heavy atom. The minimum absolute atomic E-state index is 0.0386. The molecule has 0 spiro atoms. The van der Waals surface area contributed by atoms with Gasteiger partial charge in [-0.2, -0.15) is 0 Å². The molecule has 1 aromatic heterocycles. The maximum atomic E-state index is 13.4. The molecule has 0 aliphatic carbocycles. The van der Waals surface area contributed by atoms with Crippen LogP contribution in [0.4, 0.5) is 0 Å². The largest absolute Gasteiger partial charge is 0.497 e. The van der Waals surface area contributed by atoms with Crippen molar-refractivity contribution in [3.63, 3.8) is 0 Å². The molecular formula is C22H23N3O3S. The number of hydrogen-bond acceptors (Lipinski definition) is 4. The first-order valence-corrected chi connectivity index (χ1v) is 10.4. The van der Waals surface area contributed by atoms with Gasteiger partial charge in [0.25, 0.3) is 5.56 Å². The van der Waals surface area contributed by atoms with Crippen LogP contribution in [0.2, 0.25) is 0 Å². The third-order valence-electron chi connectivity index (χ3n) is 5.30. The Morgan fingerprint density at radius 1 is 1.10 bits per heavy atom. The van der Waals surface area contributed by atoms with Crippen LogP contribution >= 0.6 is 11.8 Å². The first-order chi connectivity index (χ1) is 14.0. The highest BCUT2D eigenvalue weighted by atomic mass is 32.2. The van der Waals surface area contributed by atoms with Crippen molar-refractivity contribution in [3.05, 3.63) is 81.8 Å². The Hall–Kier alpha value is -2.93. The molecule has 0 saturated carbocycles. The van der Waals surface area contributed by atoms with Crippen molar-refractivity contribution >= 4 is 17.7 Å². The van der Waals surface area contributed by atoms with E-state index in [-0.39, 0.29) is 16.8 Å². The van der Waals surface area contributed by atoms with Crippen LogP contribution in [0.25, 0.3) is 5.69 Å². The van der Waals surface area contributed by atoms with E-state index in [9.17, 15) is 9.59 Å². The molecule has 150 valence electrons. The number of thioether (sulfide) groups is 1. The summed E-state index contributed by atoms with van der Waals surface area (Å²) in [4.78, 5) is 27.8. The second kappa shape index (κ2) is 7.83. The van der Waals surface area contributed by atoms with E-state index in [0.29, 0.717) is 17.9 Å². The molecule has 1 amide bonds. The lowest BCUT2D eigenvalue weighted by atomic mass is 10.1. The van der Waals surface area contributed by atoms with Crippen LogP contribution in [-0.4, -0.2) is 33.0 Å². The monoisotopic (exact) mass is 409 g/mol. The molecule has 29 heavy (non-hydrogen) atoms. The molecule has 4 rings (SSSR count). The van der Waals surface area contributed by atoms with Crippen molar-refractivity contribution in [1.82, 2.24) is 14.3 Å². The van der Waals surface area contributed by atoms with E-state index in [1.54, 1.807) is 16.7 Å². The molecule has 1 saturated heterocycles. The minimum atomic E-state index is -0.308. The summed E-state index contributed by atoms with van der Waals surface area (Å²) < 4.78 is 8.82. The zero-order valence-corrected chi connectivity index (χ0v) is 17.5. The fourth-order valence-electron chi connectivity index (χ4n) is 3.71. The standard InChI is InChI=1S/C22H23N3O3S/c1-15-20(21(27)25(23(15)2)17-9-5-4-6-10-17)22-24(19(26)14-29-22)13-16-8-7-11-18(12-16)28-3/h4-12,22H,13-14H2,1-3H3. The van der Waals surface area contributed by atoms with E-state index in [1.807, 2.05) is 73.3 Å². The number of rotatable bonds is 5. The third-order valence-corrected chi connectivity index (χ3v) is 6.52. The lowest BCUT2D eigenvalue weighted by Crippen LogP contribution is -2.31. The van der Waals surface area contributed by atoms with E-state index in [4.69, 9.17) is 4.74 Å². The van der Waals surface area contributed by atoms with Crippen molar-refractivity contribution in [2.24, 2.45) is 7.05 Å². The van der Waals surface area contributed by atoms with Gasteiger partial charge in [0.2, 0.25) is 5.91 Å². The first-order valence-electron chi connectivity index (χ1n) is 9.39. The van der Waals surface area contributed by atoms with Crippen molar-refractivity contribution < 1.29 is 9.53 Å². The van der Waals surface area contributed by atoms with Crippen molar-refractivity contribution in [2.75, 3.05) is 12.9 Å². The molecule has 0 N–H and O–H groups in total. The van der Waals surface area contributed by atoms with Crippen LogP contribution in [-0.2, 0) is 18.4 Å². The van der Waals surface area contributed by atoms with E-state index >= 15 is 0 Å². The number of ether oxygens (including phenoxy) is 1. The lowest BCUT2D eigenvalue weighted by molar-refractivity contribution is -0.128. The van der Waals surface area contributed by atoms with Crippen LogP contribution in [0.1, 0.15) is 22.2 Å². The maximum absolute atomic E-state index is 13.4. The summed E-state index contributed by atoms with van der Waals surface area (Å²) in [5.41, 5.74) is 3.22. The fourth-order valence-corrected chi connectivity index (χ4v) is 4.98. The highest BCUT2D eigenvalue weighted by Crippen LogP contribution is 2.40. The molecule has 7 heteroatoms. The molecule has 0 radical (unpaired) electrons. The molecule has 1 unspecified atom stereocenters. The first kappa shape index (κ1) is 19.4. The van der Waals surface area contributed by atoms with Crippen LogP contribution < -0.4 is 10.3 Å². The highest BCUT2D eigenvalue weighted by molar-refractivity contribution is 8.00. The zero-order valence-electron chi connectivity index (χ0n) is 16.7. The van der Waals surface area contributed by atoms with E-state index in [0.717, 1.165) is 22.7 Å². The van der Waals surface area contributed by atoms with E-state index in [2.05, 4.69) is 0 Å². The molecule has 1 aliphatic heterocycles. The van der Waals surface area contributed by atoms with Crippen LogP contribution in [0, 0.1) is 6.92 Å². The lowest BCUT2D eigenvalue weighted by Gasteiger charge is -2.23. The molecule has 6 nitrogen and oxygen atoms in total. The normalized spacial score (nSPS) is 16.4. The fraction of sp³-hybridized carbons (Fsp3) is 0.273. The van der Waals surface area contributed by atoms with Gasteiger partial charge in [-0.15, -0.1) is 11.8 Å². The molecule has 1 atom stereocenters. The van der Waals surface area contributed by atoms with Gasteiger partial charge in [0.15, 0.2) is 0 Å². The molecule has 0 bridgehead atoms. The number of benzene rings is 2. The number of hydrogen-bond donors (Lipinski definition) is 0. The number of carbonyl (C=O) groups is 1. The van der Waals surface area contributed by atoms with E-state index in [1.165, 1.54) is 11.8 Å². The Balaban J connectivity index is 1.74. The zero-order chi connectivity index (χ0) is 20.5. The maximum Gasteiger partial charge on any atom is 0.277 e. The molecule has 2 aromatic carbocycles. The number of aromatic nitrogens is 2. The van der Waals surface area contributed by atoms with Crippen LogP contribution in [0.3, 0.4) is 0 Å². The summed E-state index contributed by atoms with van der Waals surface area (Å²) >= 11 is 1.50. The van der Waals surface area contributed by atoms with Gasteiger partial charge in [-0.1, -0.05) is 30.3 Å². The van der Waals surface area contributed by atoms with Gasteiger partial charge in [-0.3, -0.25) is 14.3 Å². The Morgan fingerprint density at radius 2 is 1.86 bits per heavy atom. The third kappa shape index (κ3) is 3.46. The number of para-hydroxylation sites is 1.